The standard InChI is InChI=1S/C21H24N4O4/c1-5-14-11-22-19-17(18(14)29-6-2)20(27)25(21(28)24(19)4)12-16(26)23-15-9-7-13(3)8-10-15/h7-11,17H,5-6,12H2,1-4H3/p+1. The lowest BCUT2D eigenvalue weighted by molar-refractivity contribution is -0.408. The summed E-state index contributed by atoms with van der Waals surface area (Å²) in [5.74, 6) is -0.980. The normalized spacial score (nSPS) is 18.9. The van der Waals surface area contributed by atoms with Crippen molar-refractivity contribution in [3.05, 3.63) is 41.2 Å². The molecule has 1 atom stereocenters. The summed E-state index contributed by atoms with van der Waals surface area (Å²) in [7, 11) is 1.54. The van der Waals surface area contributed by atoms with Crippen molar-refractivity contribution in [1.29, 1.82) is 0 Å². The lowest BCUT2D eigenvalue weighted by Crippen LogP contribution is -2.56. The SMILES string of the molecule is CCOC1=C(CC)C=NC2=[N+](C)C(=O)N(CC(=O)Nc3ccc(C)cc3)C(=O)C12. The van der Waals surface area contributed by atoms with Gasteiger partial charge in [0.25, 0.3) is 11.7 Å². The predicted molar refractivity (Wildman–Crippen MR) is 109 cm³/mol. The van der Waals surface area contributed by atoms with Gasteiger partial charge in [0.1, 0.15) is 12.0 Å². The highest BCUT2D eigenvalue weighted by atomic mass is 16.5. The van der Waals surface area contributed by atoms with Crippen molar-refractivity contribution in [2.24, 2.45) is 10.9 Å². The number of aryl methyl sites for hydroxylation is 1. The van der Waals surface area contributed by atoms with Crippen molar-refractivity contribution in [3.8, 4) is 0 Å². The van der Waals surface area contributed by atoms with Crippen molar-refractivity contribution < 1.29 is 23.7 Å². The van der Waals surface area contributed by atoms with E-state index in [9.17, 15) is 14.4 Å². The summed E-state index contributed by atoms with van der Waals surface area (Å²) in [6.07, 6.45) is 2.27. The van der Waals surface area contributed by atoms with Gasteiger partial charge in [0.2, 0.25) is 0 Å². The number of amidine groups is 1. The van der Waals surface area contributed by atoms with Crippen LogP contribution in [0.1, 0.15) is 25.8 Å². The highest BCUT2D eigenvalue weighted by molar-refractivity contribution is 6.17. The molecule has 0 saturated heterocycles. The smallest absolute Gasteiger partial charge is 0.446 e. The first kappa shape index (κ1) is 20.4. The van der Waals surface area contributed by atoms with Crippen molar-refractivity contribution in [1.82, 2.24) is 4.90 Å². The first-order chi connectivity index (χ1) is 13.9. The van der Waals surface area contributed by atoms with Crippen LogP contribution < -0.4 is 5.32 Å². The minimum Gasteiger partial charge on any atom is -0.496 e. The molecule has 0 aromatic heterocycles. The number of nitrogens with one attached hydrogen (secondary N) is 1. The Morgan fingerprint density at radius 1 is 1.24 bits per heavy atom. The van der Waals surface area contributed by atoms with Gasteiger partial charge < -0.3 is 10.1 Å². The molecule has 8 heteroatoms. The van der Waals surface area contributed by atoms with E-state index >= 15 is 0 Å². The summed E-state index contributed by atoms with van der Waals surface area (Å²) < 4.78 is 7.05. The Morgan fingerprint density at radius 3 is 2.55 bits per heavy atom. The van der Waals surface area contributed by atoms with E-state index in [-0.39, 0.29) is 6.54 Å². The fourth-order valence-electron chi connectivity index (χ4n) is 3.34. The van der Waals surface area contributed by atoms with Crippen LogP contribution in [0.3, 0.4) is 0 Å². The Morgan fingerprint density at radius 2 is 1.93 bits per heavy atom. The molecule has 1 aromatic carbocycles. The first-order valence-electron chi connectivity index (χ1n) is 9.59. The second kappa shape index (κ2) is 8.38. The molecule has 0 bridgehead atoms. The molecule has 0 saturated carbocycles. The second-order valence-corrected chi connectivity index (χ2v) is 6.91. The molecule has 152 valence electrons. The van der Waals surface area contributed by atoms with Crippen LogP contribution >= 0.6 is 0 Å². The number of urea groups is 1. The Labute approximate surface area is 169 Å². The Kier molecular flexibility index (Phi) is 5.91. The van der Waals surface area contributed by atoms with E-state index in [1.807, 2.05) is 32.9 Å². The number of fused-ring (bicyclic) bond motifs is 1. The second-order valence-electron chi connectivity index (χ2n) is 6.91. The highest BCUT2D eigenvalue weighted by Gasteiger charge is 2.51. The highest BCUT2D eigenvalue weighted by Crippen LogP contribution is 2.29. The van der Waals surface area contributed by atoms with Gasteiger partial charge in [-0.1, -0.05) is 24.6 Å². The molecule has 29 heavy (non-hydrogen) atoms. The van der Waals surface area contributed by atoms with Crippen molar-refractivity contribution in [2.75, 3.05) is 25.5 Å². The Bertz CT molecular complexity index is 944. The lowest BCUT2D eigenvalue weighted by Gasteiger charge is -2.29. The van der Waals surface area contributed by atoms with Gasteiger partial charge in [-0.05, 0) is 32.4 Å². The maximum atomic E-state index is 13.2. The van der Waals surface area contributed by atoms with Crippen LogP contribution in [0, 0.1) is 12.8 Å². The molecule has 2 aliphatic heterocycles. The van der Waals surface area contributed by atoms with Crippen LogP contribution in [-0.4, -0.2) is 59.6 Å². The van der Waals surface area contributed by atoms with Crippen LogP contribution in [0.4, 0.5) is 10.5 Å². The van der Waals surface area contributed by atoms with E-state index in [0.29, 0.717) is 30.3 Å². The molecule has 2 heterocycles. The van der Waals surface area contributed by atoms with Crippen LogP contribution in [0.2, 0.25) is 0 Å². The largest absolute Gasteiger partial charge is 0.496 e. The Hall–Kier alpha value is -3.29. The molecule has 0 radical (unpaired) electrons. The number of rotatable bonds is 6. The van der Waals surface area contributed by atoms with E-state index in [0.717, 1.165) is 16.0 Å². The monoisotopic (exact) mass is 397 g/mol. The maximum Gasteiger partial charge on any atom is 0.446 e. The number of carbonyl (C=O) groups is 3. The molecule has 8 nitrogen and oxygen atoms in total. The summed E-state index contributed by atoms with van der Waals surface area (Å²) in [5.41, 5.74) is 2.47. The summed E-state index contributed by atoms with van der Waals surface area (Å²) >= 11 is 0. The van der Waals surface area contributed by atoms with Crippen LogP contribution in [-0.2, 0) is 14.3 Å². The minimum absolute atomic E-state index is 0.316. The van der Waals surface area contributed by atoms with Gasteiger partial charge in [-0.3, -0.25) is 9.59 Å². The van der Waals surface area contributed by atoms with Crippen LogP contribution in [0.5, 0.6) is 0 Å². The average molecular weight is 397 g/mol. The molecular weight excluding hydrogens is 372 g/mol. The third-order valence-electron chi connectivity index (χ3n) is 4.88. The van der Waals surface area contributed by atoms with Gasteiger partial charge in [-0.2, -0.15) is 9.48 Å². The van der Waals surface area contributed by atoms with Gasteiger partial charge in [0.15, 0.2) is 12.5 Å². The summed E-state index contributed by atoms with van der Waals surface area (Å²) in [6, 6.07) is 6.68. The number of nitrogens with zero attached hydrogens (tertiary/aromatic N) is 3. The van der Waals surface area contributed by atoms with Crippen LogP contribution in [0.25, 0.3) is 0 Å². The topological polar surface area (TPSA) is 91.1 Å². The average Bonchev–Trinajstić information content (AvgIpc) is 2.71. The van der Waals surface area contributed by atoms with Crippen molar-refractivity contribution >= 4 is 35.6 Å². The number of aliphatic imine (C=N–C) groups is 1. The number of dihydropyridines is 1. The fraction of sp³-hybridized carbons (Fsp3) is 0.381. The lowest BCUT2D eigenvalue weighted by atomic mass is 9.94. The molecule has 4 amide bonds. The van der Waals surface area contributed by atoms with Gasteiger partial charge in [-0.15, -0.1) is 4.99 Å². The summed E-state index contributed by atoms with van der Waals surface area (Å²) in [6.45, 7) is 5.72. The number of amides is 4. The molecule has 1 aromatic rings. The van der Waals surface area contributed by atoms with E-state index in [4.69, 9.17) is 4.74 Å². The van der Waals surface area contributed by atoms with E-state index in [2.05, 4.69) is 10.3 Å². The molecule has 0 fully saturated rings. The number of ether oxygens (including phenoxy) is 1. The number of hydrogen-bond donors (Lipinski definition) is 1. The molecule has 1 N–H and O–H groups in total. The number of benzene rings is 1. The maximum absolute atomic E-state index is 13.2. The van der Waals surface area contributed by atoms with Crippen LogP contribution in [0.15, 0.2) is 40.6 Å². The van der Waals surface area contributed by atoms with Gasteiger partial charge in [0, 0.05) is 11.3 Å². The number of hydrogen-bond acceptors (Lipinski definition) is 5. The van der Waals surface area contributed by atoms with E-state index in [1.165, 1.54) is 4.58 Å². The Balaban J connectivity index is 1.87. The summed E-state index contributed by atoms with van der Waals surface area (Å²) in [5, 5.41) is 2.72. The molecular formula is C21H25N4O4+. The number of carbonyl (C=O) groups excluding carboxylic acids is 3. The zero-order valence-electron chi connectivity index (χ0n) is 17.1. The number of imide groups is 1. The number of allylic oxidation sites excluding steroid dienone is 1. The molecule has 2 aliphatic rings. The minimum atomic E-state index is -0.829. The fourth-order valence-corrected chi connectivity index (χ4v) is 3.34. The quantitative estimate of drug-likeness (QED) is 0.746. The zero-order chi connectivity index (χ0) is 21.1. The third-order valence-corrected chi connectivity index (χ3v) is 4.88. The van der Waals surface area contributed by atoms with Gasteiger partial charge in [0.05, 0.1) is 13.7 Å². The van der Waals surface area contributed by atoms with E-state index < -0.39 is 23.8 Å². The van der Waals surface area contributed by atoms with Gasteiger partial charge in [-0.25, -0.2) is 4.79 Å². The number of anilines is 1. The molecule has 3 rings (SSSR count). The molecule has 0 spiro atoms. The third kappa shape index (κ3) is 3.96. The van der Waals surface area contributed by atoms with Crippen molar-refractivity contribution in [3.63, 3.8) is 0 Å². The summed E-state index contributed by atoms with van der Waals surface area (Å²) in [4.78, 5) is 43.7. The van der Waals surface area contributed by atoms with E-state index in [1.54, 1.807) is 25.4 Å². The predicted octanol–water partition coefficient (Wildman–Crippen LogP) is 2.34. The molecule has 0 aliphatic carbocycles. The zero-order valence-corrected chi connectivity index (χ0v) is 17.1. The van der Waals surface area contributed by atoms with Gasteiger partial charge >= 0.3 is 11.9 Å². The van der Waals surface area contributed by atoms with Crippen molar-refractivity contribution in [2.45, 2.75) is 27.2 Å². The molecule has 1 unspecified atom stereocenters. The first-order valence-corrected chi connectivity index (χ1v) is 9.59.